The van der Waals surface area contributed by atoms with Crippen molar-refractivity contribution in [3.63, 3.8) is 0 Å². The summed E-state index contributed by atoms with van der Waals surface area (Å²) in [6.07, 6.45) is 9.48. The van der Waals surface area contributed by atoms with E-state index < -0.39 is 35.5 Å². The molecule has 2 N–H and O–H groups in total. The Labute approximate surface area is 357 Å². The molecule has 320 valence electrons. The SMILES string of the molecule is CC(C)N(CC1CCN(c2cnc(C(=O)NC3CCC(Oc4ccc(C#N)c(Cl)c4)CC3)cn2)CC1)C1CC(Oc2cc(F)c3c(c2)C(=O)N(C2CCC(=O)NC2=O)C3=O)C1. The van der Waals surface area contributed by atoms with Gasteiger partial charge in [0, 0.05) is 69.2 Å². The molecule has 0 radical (unpaired) electrons. The average Bonchev–Trinajstić information content (AvgIpc) is 3.48. The lowest BCUT2D eigenvalue weighted by Gasteiger charge is -2.46. The number of ether oxygens (including phenoxy) is 2. The van der Waals surface area contributed by atoms with Gasteiger partial charge in [-0.25, -0.2) is 14.4 Å². The fourth-order valence-corrected chi connectivity index (χ4v) is 9.36. The van der Waals surface area contributed by atoms with Crippen LogP contribution in [0.1, 0.15) is 115 Å². The molecule has 8 rings (SSSR count). The highest BCUT2D eigenvalue weighted by Gasteiger charge is 2.47. The number of rotatable bonds is 12. The number of nitrogens with zero attached hydrogens (tertiary/aromatic N) is 6. The maximum atomic E-state index is 15.3. The smallest absolute Gasteiger partial charge is 0.271 e. The number of anilines is 1. The van der Waals surface area contributed by atoms with E-state index in [0.717, 1.165) is 87.8 Å². The first kappa shape index (κ1) is 42.0. The van der Waals surface area contributed by atoms with E-state index in [1.807, 2.05) is 6.07 Å². The van der Waals surface area contributed by atoms with E-state index in [9.17, 15) is 24.0 Å². The molecule has 2 saturated heterocycles. The van der Waals surface area contributed by atoms with Gasteiger partial charge in [-0.2, -0.15) is 5.26 Å². The number of carbonyl (C=O) groups is 5. The number of fused-ring (bicyclic) bond motifs is 1. The second kappa shape index (κ2) is 17.7. The maximum absolute atomic E-state index is 15.3. The van der Waals surface area contributed by atoms with E-state index in [1.165, 1.54) is 6.07 Å². The number of halogens is 2. The van der Waals surface area contributed by atoms with Gasteiger partial charge in [-0.1, -0.05) is 11.6 Å². The van der Waals surface area contributed by atoms with Crippen molar-refractivity contribution in [1.29, 1.82) is 5.26 Å². The second-order valence-electron chi connectivity index (χ2n) is 16.9. The fourth-order valence-electron chi connectivity index (χ4n) is 9.15. The Morgan fingerprint density at radius 2 is 1.70 bits per heavy atom. The van der Waals surface area contributed by atoms with Gasteiger partial charge in [0.1, 0.15) is 47.0 Å². The summed E-state index contributed by atoms with van der Waals surface area (Å²) < 4.78 is 27.5. The minimum absolute atomic E-state index is 0.00425. The molecule has 15 nitrogen and oxygen atoms in total. The quantitative estimate of drug-likeness (QED) is 0.227. The molecule has 0 bridgehead atoms. The molecule has 4 heterocycles. The molecule has 3 aromatic rings. The maximum Gasteiger partial charge on any atom is 0.271 e. The van der Waals surface area contributed by atoms with Crippen molar-refractivity contribution in [2.75, 3.05) is 24.5 Å². The van der Waals surface area contributed by atoms with Crippen molar-refractivity contribution >= 4 is 47.0 Å². The number of hydrogen-bond donors (Lipinski definition) is 2. The minimum atomic E-state index is -1.18. The Balaban J connectivity index is 0.770. The Bertz CT molecular complexity index is 2250. The van der Waals surface area contributed by atoms with Crippen molar-refractivity contribution in [1.82, 2.24) is 30.4 Å². The molecule has 2 saturated carbocycles. The summed E-state index contributed by atoms with van der Waals surface area (Å²) in [5.74, 6) is -2.03. The zero-order valence-electron chi connectivity index (χ0n) is 34.1. The van der Waals surface area contributed by atoms with Crippen LogP contribution < -0.4 is 25.0 Å². The van der Waals surface area contributed by atoms with Crippen LogP contribution in [0.2, 0.25) is 5.02 Å². The van der Waals surface area contributed by atoms with Crippen molar-refractivity contribution in [3.8, 4) is 17.6 Å². The van der Waals surface area contributed by atoms with Crippen LogP contribution in [0.3, 0.4) is 0 Å². The van der Waals surface area contributed by atoms with Crippen LogP contribution in [0.5, 0.6) is 11.5 Å². The zero-order valence-corrected chi connectivity index (χ0v) is 34.8. The number of nitrogens with one attached hydrogen (secondary N) is 2. The van der Waals surface area contributed by atoms with E-state index in [4.69, 9.17) is 26.3 Å². The van der Waals surface area contributed by atoms with Crippen LogP contribution >= 0.6 is 11.6 Å². The predicted molar refractivity (Wildman–Crippen MR) is 220 cm³/mol. The summed E-state index contributed by atoms with van der Waals surface area (Å²) in [4.78, 5) is 77.9. The molecule has 61 heavy (non-hydrogen) atoms. The van der Waals surface area contributed by atoms with Crippen LogP contribution in [-0.2, 0) is 9.59 Å². The minimum Gasteiger partial charge on any atom is -0.490 e. The largest absolute Gasteiger partial charge is 0.490 e. The lowest BCUT2D eigenvalue weighted by atomic mass is 9.85. The average molecular weight is 855 g/mol. The molecular formula is C44H48ClFN8O7. The van der Waals surface area contributed by atoms with E-state index in [2.05, 4.69) is 44.2 Å². The van der Waals surface area contributed by atoms with Crippen molar-refractivity contribution < 1.29 is 37.8 Å². The van der Waals surface area contributed by atoms with Gasteiger partial charge in [0.2, 0.25) is 11.8 Å². The highest BCUT2D eigenvalue weighted by atomic mass is 35.5. The zero-order chi connectivity index (χ0) is 42.9. The number of amides is 5. The topological polar surface area (TPSA) is 187 Å². The first-order chi connectivity index (χ1) is 29.3. The summed E-state index contributed by atoms with van der Waals surface area (Å²) in [7, 11) is 0. The van der Waals surface area contributed by atoms with Crippen LogP contribution in [-0.4, -0.2) is 105 Å². The standard InChI is InChI=1S/C44H48ClFN8O7/c1-24(2)53(28-15-31(16-28)61-32-17-33-40(35(46)19-32)44(59)54(43(33)58)37-9-10-39(55)51-42(37)57)23-25-11-13-52(14-12-25)38-22-48-36(21-49-38)41(56)50-27-4-7-29(8-5-27)60-30-6-3-26(20-47)34(45)18-30/h3,6,17-19,21-22,24-25,27-29,31,37H,4-5,7-16,23H2,1-2H3,(H,50,56)(H,51,55,57). The van der Waals surface area contributed by atoms with Crippen molar-refractivity contribution in [3.05, 3.63) is 75.9 Å². The number of nitriles is 1. The molecule has 1 atom stereocenters. The summed E-state index contributed by atoms with van der Waals surface area (Å²) in [5, 5.41) is 14.7. The Morgan fingerprint density at radius 1 is 0.967 bits per heavy atom. The normalized spacial score (nSPS) is 24.3. The monoisotopic (exact) mass is 854 g/mol. The summed E-state index contributed by atoms with van der Waals surface area (Å²) in [5.41, 5.74) is 0.155. The first-order valence-corrected chi connectivity index (χ1v) is 21.4. The van der Waals surface area contributed by atoms with Gasteiger partial charge in [-0.05, 0) is 82.9 Å². The third-order valence-corrected chi connectivity index (χ3v) is 12.9. The van der Waals surface area contributed by atoms with Crippen LogP contribution in [0, 0.1) is 23.1 Å². The summed E-state index contributed by atoms with van der Waals surface area (Å²) in [6.45, 7) is 6.92. The number of benzene rings is 2. The number of carbonyl (C=O) groups excluding carboxylic acids is 5. The molecular weight excluding hydrogens is 807 g/mol. The third-order valence-electron chi connectivity index (χ3n) is 12.6. The highest BCUT2D eigenvalue weighted by molar-refractivity contribution is 6.31. The van der Waals surface area contributed by atoms with Crippen LogP contribution in [0.25, 0.3) is 0 Å². The number of hydrogen-bond acceptors (Lipinski definition) is 12. The molecule has 4 fully saturated rings. The second-order valence-corrected chi connectivity index (χ2v) is 17.3. The van der Waals surface area contributed by atoms with E-state index in [-0.39, 0.29) is 65.6 Å². The summed E-state index contributed by atoms with van der Waals surface area (Å²) >= 11 is 6.15. The molecule has 17 heteroatoms. The predicted octanol–water partition coefficient (Wildman–Crippen LogP) is 5.20. The van der Waals surface area contributed by atoms with Gasteiger partial charge in [-0.15, -0.1) is 0 Å². The molecule has 2 aromatic carbocycles. The van der Waals surface area contributed by atoms with Gasteiger partial charge < -0.3 is 19.7 Å². The molecule has 5 amide bonds. The van der Waals surface area contributed by atoms with E-state index >= 15 is 4.39 Å². The molecule has 2 aliphatic carbocycles. The van der Waals surface area contributed by atoms with Crippen LogP contribution in [0.15, 0.2) is 42.7 Å². The summed E-state index contributed by atoms with van der Waals surface area (Å²) in [6, 6.07) is 9.01. The Hall–Kier alpha value is -5.66. The highest BCUT2D eigenvalue weighted by Crippen LogP contribution is 2.37. The number of imide groups is 2. The van der Waals surface area contributed by atoms with E-state index in [1.54, 1.807) is 30.6 Å². The molecule has 3 aliphatic heterocycles. The Morgan fingerprint density at radius 3 is 2.36 bits per heavy atom. The van der Waals surface area contributed by atoms with Gasteiger partial charge >= 0.3 is 0 Å². The molecule has 0 spiro atoms. The third kappa shape index (κ3) is 9.04. The lowest BCUT2D eigenvalue weighted by Crippen LogP contribution is -2.54. The van der Waals surface area contributed by atoms with Crippen LogP contribution in [0.4, 0.5) is 10.2 Å². The molecule has 5 aliphatic rings. The number of aromatic nitrogens is 2. The molecule has 1 aromatic heterocycles. The van der Waals surface area contributed by atoms with Gasteiger partial charge in [0.05, 0.1) is 40.2 Å². The van der Waals surface area contributed by atoms with Gasteiger partial charge in [0.25, 0.3) is 17.7 Å². The molecule has 1 unspecified atom stereocenters. The van der Waals surface area contributed by atoms with Crippen molar-refractivity contribution in [2.45, 2.75) is 114 Å². The fraction of sp³-hybridized carbons (Fsp3) is 0.500. The van der Waals surface area contributed by atoms with Crippen molar-refractivity contribution in [2.24, 2.45) is 5.92 Å². The first-order valence-electron chi connectivity index (χ1n) is 21.1. The lowest BCUT2D eigenvalue weighted by molar-refractivity contribution is -0.136. The van der Waals surface area contributed by atoms with Gasteiger partial charge in [-0.3, -0.25) is 39.1 Å². The van der Waals surface area contributed by atoms with Gasteiger partial charge in [0.15, 0.2) is 0 Å². The number of piperidine rings is 2. The Kier molecular flexibility index (Phi) is 12.2. The van der Waals surface area contributed by atoms with E-state index in [0.29, 0.717) is 28.3 Å².